The van der Waals surface area contributed by atoms with E-state index in [0.29, 0.717) is 5.69 Å². The van der Waals surface area contributed by atoms with Crippen LogP contribution in [-0.4, -0.2) is 23.5 Å². The lowest BCUT2D eigenvalue weighted by molar-refractivity contribution is 0.262. The van der Waals surface area contributed by atoms with Gasteiger partial charge in [0.1, 0.15) is 0 Å². The molecule has 2 amide bonds. The summed E-state index contributed by atoms with van der Waals surface area (Å²) in [6.45, 7) is 2.18. The Hall–Kier alpha value is -2.54. The summed E-state index contributed by atoms with van der Waals surface area (Å²) in [5.41, 5.74) is 4.39. The van der Waals surface area contributed by atoms with E-state index in [1.54, 1.807) is 17.5 Å². The Morgan fingerprint density at radius 3 is 2.80 bits per heavy atom. The Bertz CT molecular complexity index is 799. The molecule has 0 saturated carbocycles. The number of urea groups is 1. The quantitative estimate of drug-likeness (QED) is 0.438. The molecule has 2 heterocycles. The first kappa shape index (κ1) is 17.3. The maximum absolute atomic E-state index is 12.2. The molecule has 1 radical (unpaired) electrons. The van der Waals surface area contributed by atoms with Gasteiger partial charge in [-0.3, -0.25) is 5.10 Å². The zero-order valence-corrected chi connectivity index (χ0v) is 14.9. The van der Waals surface area contributed by atoms with Crippen LogP contribution in [0, 0.1) is 0 Å². The summed E-state index contributed by atoms with van der Waals surface area (Å²) in [6.07, 6.45) is 5.07. The minimum Gasteiger partial charge on any atom is -0.308 e. The number of carbonyl (C=O) groups excluding carboxylic acids is 1. The summed E-state index contributed by atoms with van der Waals surface area (Å²) in [6, 6.07) is 9.54. The van der Waals surface area contributed by atoms with Crippen LogP contribution >= 0.6 is 11.3 Å². The van der Waals surface area contributed by atoms with Crippen LogP contribution < -0.4 is 16.1 Å². The minimum absolute atomic E-state index is 0.291. The average Bonchev–Trinajstić information content (AvgIpc) is 3.28. The number of rotatable bonds is 7. The van der Waals surface area contributed by atoms with Crippen molar-refractivity contribution in [2.75, 3.05) is 10.6 Å². The summed E-state index contributed by atoms with van der Waals surface area (Å²) in [5.74, 6) is 0. The monoisotopic (exact) mass is 351 g/mol. The van der Waals surface area contributed by atoms with Gasteiger partial charge in [0, 0.05) is 16.6 Å². The van der Waals surface area contributed by atoms with Crippen molar-refractivity contribution in [3.05, 3.63) is 47.3 Å². The standard InChI is InChI=1S/C18H20BN4OS/c1-2-3-9-19-14-4-6-15(7-5-14)21-18(24)22-16-11-20-23-17(16)13-8-10-25-12-13/h4-8,10-12H,2-3,9H2,1H3,(H,20,23)(H2,21,22,24). The molecule has 0 atom stereocenters. The van der Waals surface area contributed by atoms with Gasteiger partial charge in [0.15, 0.2) is 7.28 Å². The Balaban J connectivity index is 1.57. The van der Waals surface area contributed by atoms with Crippen molar-refractivity contribution >= 4 is 41.5 Å². The summed E-state index contributed by atoms with van der Waals surface area (Å²) in [5, 5.41) is 16.6. The molecule has 2 aromatic heterocycles. The van der Waals surface area contributed by atoms with E-state index in [1.165, 1.54) is 18.3 Å². The average molecular weight is 351 g/mol. The lowest BCUT2D eigenvalue weighted by atomic mass is 9.66. The smallest absolute Gasteiger partial charge is 0.308 e. The second-order valence-corrected chi connectivity index (χ2v) is 6.50. The fraction of sp³-hybridized carbons (Fsp3) is 0.222. The van der Waals surface area contributed by atoms with Crippen molar-refractivity contribution < 1.29 is 4.79 Å². The molecule has 3 aromatic rings. The molecule has 0 aliphatic carbocycles. The summed E-state index contributed by atoms with van der Waals surface area (Å²) in [4.78, 5) is 12.2. The lowest BCUT2D eigenvalue weighted by Crippen LogP contribution is -2.20. The van der Waals surface area contributed by atoms with Crippen molar-refractivity contribution in [1.82, 2.24) is 10.2 Å². The molecule has 7 heteroatoms. The van der Waals surface area contributed by atoms with Crippen LogP contribution in [0.1, 0.15) is 19.8 Å². The third-order valence-electron chi connectivity index (χ3n) is 3.80. The number of nitrogens with zero attached hydrogens (tertiary/aromatic N) is 1. The van der Waals surface area contributed by atoms with Gasteiger partial charge in [-0.2, -0.15) is 16.4 Å². The van der Waals surface area contributed by atoms with Crippen molar-refractivity contribution in [3.8, 4) is 11.3 Å². The zero-order valence-electron chi connectivity index (χ0n) is 14.1. The van der Waals surface area contributed by atoms with E-state index in [4.69, 9.17) is 0 Å². The van der Waals surface area contributed by atoms with E-state index in [-0.39, 0.29) is 6.03 Å². The number of benzene rings is 1. The number of thiophene rings is 1. The van der Waals surface area contributed by atoms with Crippen LogP contribution in [0.25, 0.3) is 11.3 Å². The molecule has 3 rings (SSSR count). The number of unbranched alkanes of at least 4 members (excludes halogenated alkanes) is 1. The molecule has 0 fully saturated rings. The highest BCUT2D eigenvalue weighted by Gasteiger charge is 2.11. The summed E-state index contributed by atoms with van der Waals surface area (Å²) in [7, 11) is 2.21. The highest BCUT2D eigenvalue weighted by molar-refractivity contribution is 7.08. The SMILES string of the molecule is CCCC[B]c1ccc(NC(=O)Nc2cn[nH]c2-c2ccsc2)cc1. The Morgan fingerprint density at radius 2 is 2.08 bits per heavy atom. The molecule has 25 heavy (non-hydrogen) atoms. The number of aromatic nitrogens is 2. The molecule has 127 valence electrons. The van der Waals surface area contributed by atoms with Crippen LogP contribution in [-0.2, 0) is 0 Å². The maximum Gasteiger partial charge on any atom is 0.323 e. The number of hydrogen-bond donors (Lipinski definition) is 3. The van der Waals surface area contributed by atoms with Gasteiger partial charge in [0.05, 0.1) is 17.6 Å². The molecule has 3 N–H and O–H groups in total. The van der Waals surface area contributed by atoms with Crippen LogP contribution in [0.4, 0.5) is 16.2 Å². The first-order valence-corrected chi connectivity index (χ1v) is 9.27. The van der Waals surface area contributed by atoms with Gasteiger partial charge in [-0.25, -0.2) is 4.79 Å². The van der Waals surface area contributed by atoms with Crippen molar-refractivity contribution in [3.63, 3.8) is 0 Å². The van der Waals surface area contributed by atoms with E-state index in [2.05, 4.69) is 35.0 Å². The van der Waals surface area contributed by atoms with Gasteiger partial charge in [0.25, 0.3) is 0 Å². The summed E-state index contributed by atoms with van der Waals surface area (Å²) < 4.78 is 0. The zero-order chi connectivity index (χ0) is 17.5. The minimum atomic E-state index is -0.291. The first-order valence-electron chi connectivity index (χ1n) is 8.33. The number of anilines is 2. The van der Waals surface area contributed by atoms with E-state index in [1.807, 2.05) is 41.1 Å². The number of aromatic amines is 1. The number of nitrogens with one attached hydrogen (secondary N) is 3. The Labute approximate surface area is 152 Å². The molecule has 5 nitrogen and oxygen atoms in total. The molecule has 1 aromatic carbocycles. The molecule has 0 bridgehead atoms. The normalized spacial score (nSPS) is 10.4. The predicted octanol–water partition coefficient (Wildman–Crippen LogP) is 4.33. The van der Waals surface area contributed by atoms with E-state index >= 15 is 0 Å². The van der Waals surface area contributed by atoms with Crippen molar-refractivity contribution in [1.29, 1.82) is 0 Å². The first-order chi connectivity index (χ1) is 12.3. The van der Waals surface area contributed by atoms with Crippen LogP contribution in [0.15, 0.2) is 47.3 Å². The van der Waals surface area contributed by atoms with Crippen molar-refractivity contribution in [2.45, 2.75) is 26.1 Å². The Morgan fingerprint density at radius 1 is 1.24 bits per heavy atom. The van der Waals surface area contributed by atoms with E-state index < -0.39 is 0 Å². The number of H-pyrrole nitrogens is 1. The number of carbonyl (C=O) groups is 1. The maximum atomic E-state index is 12.2. The molecule has 0 spiro atoms. The van der Waals surface area contributed by atoms with Crippen LogP contribution in [0.2, 0.25) is 6.32 Å². The highest BCUT2D eigenvalue weighted by Crippen LogP contribution is 2.27. The van der Waals surface area contributed by atoms with Crippen LogP contribution in [0.3, 0.4) is 0 Å². The lowest BCUT2D eigenvalue weighted by Gasteiger charge is -2.08. The largest absolute Gasteiger partial charge is 0.323 e. The van der Waals surface area contributed by atoms with Crippen LogP contribution in [0.5, 0.6) is 0 Å². The number of amides is 2. The Kier molecular flexibility index (Phi) is 5.90. The fourth-order valence-corrected chi connectivity index (χ4v) is 3.11. The second-order valence-electron chi connectivity index (χ2n) is 5.72. The van der Waals surface area contributed by atoms with E-state index in [0.717, 1.165) is 23.3 Å². The highest BCUT2D eigenvalue weighted by atomic mass is 32.1. The van der Waals surface area contributed by atoms with Gasteiger partial charge >= 0.3 is 6.03 Å². The molecular formula is C18H20BN4OS. The predicted molar refractivity (Wildman–Crippen MR) is 106 cm³/mol. The fourth-order valence-electron chi connectivity index (χ4n) is 2.47. The van der Waals surface area contributed by atoms with Gasteiger partial charge in [-0.05, 0) is 23.6 Å². The van der Waals surface area contributed by atoms with Gasteiger partial charge in [-0.15, -0.1) is 0 Å². The van der Waals surface area contributed by atoms with Crippen molar-refractivity contribution in [2.24, 2.45) is 0 Å². The topological polar surface area (TPSA) is 69.8 Å². The molecular weight excluding hydrogens is 331 g/mol. The van der Waals surface area contributed by atoms with Gasteiger partial charge in [0.2, 0.25) is 0 Å². The van der Waals surface area contributed by atoms with E-state index in [9.17, 15) is 4.79 Å². The molecule has 0 aliphatic rings. The third-order valence-corrected chi connectivity index (χ3v) is 4.49. The molecule has 0 unspecified atom stereocenters. The molecule has 0 aliphatic heterocycles. The second kappa shape index (κ2) is 8.53. The van der Waals surface area contributed by atoms with Gasteiger partial charge in [-0.1, -0.05) is 43.7 Å². The number of hydrogen-bond acceptors (Lipinski definition) is 3. The summed E-state index contributed by atoms with van der Waals surface area (Å²) >= 11 is 1.60. The third kappa shape index (κ3) is 4.73. The van der Waals surface area contributed by atoms with Gasteiger partial charge < -0.3 is 10.6 Å². The molecule has 0 saturated heterocycles.